The van der Waals surface area contributed by atoms with E-state index in [2.05, 4.69) is 87.7 Å². The molecule has 0 radical (unpaired) electrons. The van der Waals surface area contributed by atoms with Crippen LogP contribution in [0.1, 0.15) is 103 Å². The van der Waals surface area contributed by atoms with E-state index < -0.39 is 0 Å². The SMILES string of the molecule is CC(C)CCCC(C)CCc1ccc(-c2nc3c(-c4nccs4)c4sc(-c5ccc(CCC(C)CCCC(C)C)s5)nc4c(-c4nc#cs4)c3s2)s1. The monoisotopic (exact) mass is 800 g/mol. The maximum Gasteiger partial charge on any atom is 0.146 e. The zero-order chi connectivity index (χ0) is 36.2. The van der Waals surface area contributed by atoms with E-state index in [0.717, 1.165) is 88.1 Å². The van der Waals surface area contributed by atoms with Gasteiger partial charge in [-0.05, 0) is 73.6 Å². The predicted octanol–water partition coefficient (Wildman–Crippen LogP) is 15.0. The Morgan fingerprint density at radius 2 is 1.13 bits per heavy atom. The maximum absolute atomic E-state index is 5.42. The van der Waals surface area contributed by atoms with Crippen LogP contribution in [0.25, 0.3) is 61.3 Å². The molecule has 272 valence electrons. The Balaban J connectivity index is 1.21. The molecule has 0 aliphatic carbocycles. The normalized spacial score (nSPS) is 13.2. The van der Waals surface area contributed by atoms with Crippen molar-refractivity contribution in [2.75, 3.05) is 0 Å². The third kappa shape index (κ3) is 8.88. The first-order chi connectivity index (χ1) is 25.2. The van der Waals surface area contributed by atoms with Crippen LogP contribution in [-0.4, -0.2) is 19.9 Å². The molecular formula is C42H48N4S6. The van der Waals surface area contributed by atoms with E-state index in [-0.39, 0.29) is 0 Å². The van der Waals surface area contributed by atoms with E-state index in [1.165, 1.54) is 82.2 Å². The van der Waals surface area contributed by atoms with Gasteiger partial charge in [0.25, 0.3) is 0 Å². The topological polar surface area (TPSA) is 51.6 Å². The van der Waals surface area contributed by atoms with Crippen LogP contribution in [0.4, 0.5) is 0 Å². The number of hydrogen-bond acceptors (Lipinski definition) is 10. The molecule has 0 spiro atoms. The number of thiophene rings is 2. The van der Waals surface area contributed by atoms with E-state index in [1.54, 1.807) is 34.0 Å². The molecule has 0 saturated heterocycles. The highest BCUT2D eigenvalue weighted by molar-refractivity contribution is 7.28. The Morgan fingerprint density at radius 1 is 0.596 bits per heavy atom. The number of nitrogens with zero attached hydrogens (tertiary/aromatic N) is 4. The summed E-state index contributed by atoms with van der Waals surface area (Å²) in [4.78, 5) is 25.7. The second kappa shape index (κ2) is 17.3. The van der Waals surface area contributed by atoms with Crippen LogP contribution in [0, 0.1) is 35.2 Å². The quantitative estimate of drug-likeness (QED) is 0.0867. The van der Waals surface area contributed by atoms with E-state index in [9.17, 15) is 0 Å². The second-order valence-electron chi connectivity index (χ2n) is 15.2. The van der Waals surface area contributed by atoms with Crippen LogP contribution in [0.3, 0.4) is 0 Å². The van der Waals surface area contributed by atoms with Gasteiger partial charge in [0.15, 0.2) is 0 Å². The molecule has 10 heteroatoms. The molecule has 0 saturated carbocycles. The summed E-state index contributed by atoms with van der Waals surface area (Å²) in [5.41, 5.74) is 4.13. The molecule has 1 aromatic carbocycles. The lowest BCUT2D eigenvalue weighted by Crippen LogP contribution is -1.98. The Kier molecular flexibility index (Phi) is 12.6. The van der Waals surface area contributed by atoms with Crippen LogP contribution in [0.2, 0.25) is 0 Å². The van der Waals surface area contributed by atoms with Gasteiger partial charge < -0.3 is 0 Å². The molecule has 0 fully saturated rings. The van der Waals surface area contributed by atoms with E-state index >= 15 is 0 Å². The van der Waals surface area contributed by atoms with Crippen molar-refractivity contribution in [1.29, 1.82) is 0 Å². The number of aryl methyl sites for hydroxylation is 2. The lowest BCUT2D eigenvalue weighted by Gasteiger charge is -2.11. The van der Waals surface area contributed by atoms with Crippen LogP contribution in [0.5, 0.6) is 0 Å². The molecule has 7 aromatic rings. The summed E-state index contributed by atoms with van der Waals surface area (Å²) in [6, 6.07) is 9.17. The highest BCUT2D eigenvalue weighted by atomic mass is 32.1. The molecule has 2 unspecified atom stereocenters. The smallest absolute Gasteiger partial charge is 0.146 e. The highest BCUT2D eigenvalue weighted by Gasteiger charge is 2.27. The second-order valence-corrected chi connectivity index (χ2v) is 21.2. The van der Waals surface area contributed by atoms with E-state index in [4.69, 9.17) is 15.0 Å². The first-order valence-electron chi connectivity index (χ1n) is 18.8. The molecule has 6 heterocycles. The Morgan fingerprint density at radius 3 is 1.60 bits per heavy atom. The van der Waals surface area contributed by atoms with Gasteiger partial charge >= 0.3 is 0 Å². The summed E-state index contributed by atoms with van der Waals surface area (Å²) >= 11 is 10.5. The van der Waals surface area contributed by atoms with Gasteiger partial charge in [-0.2, -0.15) is 4.98 Å². The average Bonchev–Trinajstić information content (AvgIpc) is 3.96. The summed E-state index contributed by atoms with van der Waals surface area (Å²) in [6.45, 7) is 14.1. The van der Waals surface area contributed by atoms with Crippen molar-refractivity contribution in [3.63, 3.8) is 0 Å². The maximum atomic E-state index is 5.42. The van der Waals surface area contributed by atoms with Gasteiger partial charge in [-0.25, -0.2) is 15.0 Å². The third-order valence-electron chi connectivity index (χ3n) is 9.86. The summed E-state index contributed by atoms with van der Waals surface area (Å²) in [7, 11) is 0. The molecule has 0 N–H and O–H groups in total. The van der Waals surface area contributed by atoms with Crippen LogP contribution < -0.4 is 0 Å². The lowest BCUT2D eigenvalue weighted by atomic mass is 9.96. The molecule has 6 aromatic heterocycles. The van der Waals surface area contributed by atoms with Gasteiger partial charge in [-0.1, -0.05) is 91.4 Å². The van der Waals surface area contributed by atoms with Gasteiger partial charge in [0.2, 0.25) is 0 Å². The first kappa shape index (κ1) is 37.8. The Hall–Kier alpha value is -2.52. The number of aromatic nitrogens is 4. The van der Waals surface area contributed by atoms with Gasteiger partial charge in [0.1, 0.15) is 20.0 Å². The summed E-state index contributed by atoms with van der Waals surface area (Å²) in [6.07, 6.45) is 17.6. The molecule has 4 nitrogen and oxygen atoms in total. The zero-order valence-electron chi connectivity index (χ0n) is 31.1. The van der Waals surface area contributed by atoms with Gasteiger partial charge in [0, 0.05) is 26.7 Å². The molecule has 0 bridgehead atoms. The minimum atomic E-state index is 0.751. The molecule has 52 heavy (non-hydrogen) atoms. The predicted molar refractivity (Wildman–Crippen MR) is 232 cm³/mol. The standard InChI is InChI=1S/C42H48N4S6/c1-25(2)9-7-11-27(5)13-15-29-17-19-31(49-29)39-45-35-33(41-43-21-23-47-41)38-36(34(37(35)51-39)42-44-22-24-48-42)46-40(52-38)32-20-18-30(50-32)16-14-28(6)12-8-10-26(3)4/h17-21,23,25-28H,7-16H2,1-6H3. The summed E-state index contributed by atoms with van der Waals surface area (Å²) in [5, 5.41) is 9.18. The van der Waals surface area contributed by atoms with Crippen LogP contribution in [-0.2, 0) is 12.8 Å². The molecule has 2 atom stereocenters. The molecule has 0 amide bonds. The minimum Gasteiger partial charge on any atom is -0.244 e. The van der Waals surface area contributed by atoms with Crippen molar-refractivity contribution in [3.8, 4) is 40.9 Å². The fourth-order valence-electron chi connectivity index (χ4n) is 6.83. The molecular weight excluding hydrogens is 753 g/mol. The first-order valence-corrected chi connectivity index (χ1v) is 23.8. The lowest BCUT2D eigenvalue weighted by molar-refractivity contribution is 0.437. The number of thiazole rings is 3. The average molecular weight is 801 g/mol. The number of hydrogen-bond donors (Lipinski definition) is 0. The third-order valence-corrected chi connectivity index (χ3v) is 16.1. The Bertz CT molecular complexity index is 1950. The van der Waals surface area contributed by atoms with Gasteiger partial charge in [0.05, 0.1) is 47.5 Å². The van der Waals surface area contributed by atoms with Crippen molar-refractivity contribution in [3.05, 3.63) is 57.2 Å². The van der Waals surface area contributed by atoms with Gasteiger partial charge in [-0.3, -0.25) is 0 Å². The van der Waals surface area contributed by atoms with Crippen molar-refractivity contribution in [2.24, 2.45) is 23.7 Å². The minimum absolute atomic E-state index is 0.751. The zero-order valence-corrected chi connectivity index (χ0v) is 36.0. The van der Waals surface area contributed by atoms with Gasteiger partial charge in [-0.15, -0.1) is 56.7 Å². The summed E-state index contributed by atoms with van der Waals surface area (Å²) in [5.74, 6) is 3.09. The largest absolute Gasteiger partial charge is 0.244 e. The Labute approximate surface area is 333 Å². The van der Waals surface area contributed by atoms with Crippen molar-refractivity contribution in [1.82, 2.24) is 19.9 Å². The summed E-state index contributed by atoms with van der Waals surface area (Å²) < 4.78 is 2.25. The fraction of sp³-hybridized carbons (Fsp3) is 0.476. The van der Waals surface area contributed by atoms with E-state index in [1.807, 2.05) is 28.9 Å². The number of fused-ring (bicyclic) bond motifs is 2. The van der Waals surface area contributed by atoms with Crippen molar-refractivity contribution >= 4 is 88.5 Å². The van der Waals surface area contributed by atoms with E-state index in [0.29, 0.717) is 0 Å². The fourth-order valence-corrected chi connectivity index (χ4v) is 12.6. The number of rotatable bonds is 18. The highest BCUT2D eigenvalue weighted by Crippen LogP contribution is 2.51. The molecule has 0 aliphatic rings. The number of benzene rings is 1. The van der Waals surface area contributed by atoms with Crippen LogP contribution in [0.15, 0.2) is 35.8 Å². The molecule has 7 rings (SSSR count). The molecule has 0 aliphatic heterocycles. The van der Waals surface area contributed by atoms with Crippen molar-refractivity contribution in [2.45, 2.75) is 106 Å². The van der Waals surface area contributed by atoms with Crippen LogP contribution >= 0.6 is 68.0 Å². The van der Waals surface area contributed by atoms with Crippen molar-refractivity contribution < 1.29 is 0 Å².